The number of nitrogens with zero attached hydrogens (tertiary/aromatic N) is 3. The zero-order chi connectivity index (χ0) is 22.7. The first-order valence-corrected chi connectivity index (χ1v) is 11.5. The number of benzene rings is 2. The van der Waals surface area contributed by atoms with Gasteiger partial charge in [-0.15, -0.1) is 0 Å². The third kappa shape index (κ3) is 4.11. The molecule has 1 atom stereocenters. The van der Waals surface area contributed by atoms with E-state index in [1.807, 2.05) is 48.5 Å². The Morgan fingerprint density at radius 1 is 1.00 bits per heavy atom. The number of rotatable bonds is 7. The van der Waals surface area contributed by atoms with Crippen molar-refractivity contribution in [2.45, 2.75) is 44.2 Å². The predicted octanol–water partition coefficient (Wildman–Crippen LogP) is 3.60. The van der Waals surface area contributed by atoms with E-state index in [9.17, 15) is 9.59 Å². The molecule has 6 nitrogen and oxygen atoms in total. The molecule has 2 aromatic carbocycles. The van der Waals surface area contributed by atoms with Crippen molar-refractivity contribution in [3.8, 4) is 5.75 Å². The van der Waals surface area contributed by atoms with E-state index in [0.29, 0.717) is 31.8 Å². The van der Waals surface area contributed by atoms with Crippen molar-refractivity contribution in [3.05, 3.63) is 65.7 Å². The molecule has 4 rings (SSSR count). The van der Waals surface area contributed by atoms with Gasteiger partial charge in [-0.05, 0) is 49.8 Å². The number of para-hydroxylation sites is 1. The normalized spacial score (nSPS) is 19.6. The molecule has 0 aromatic heterocycles. The number of imide groups is 1. The number of carbonyl (C=O) groups is 2. The van der Waals surface area contributed by atoms with Crippen LogP contribution in [0.1, 0.15) is 30.9 Å². The third-order valence-electron chi connectivity index (χ3n) is 7.23. The summed E-state index contributed by atoms with van der Waals surface area (Å²) in [5, 5.41) is 0. The molecule has 0 radical (unpaired) electrons. The summed E-state index contributed by atoms with van der Waals surface area (Å²) in [6.45, 7) is 4.25. The van der Waals surface area contributed by atoms with Gasteiger partial charge in [0.1, 0.15) is 11.3 Å². The lowest BCUT2D eigenvalue weighted by Gasteiger charge is -2.43. The van der Waals surface area contributed by atoms with E-state index in [1.165, 1.54) is 10.5 Å². The molecule has 2 heterocycles. The Bertz CT molecular complexity index is 954. The van der Waals surface area contributed by atoms with Gasteiger partial charge < -0.3 is 14.5 Å². The summed E-state index contributed by atoms with van der Waals surface area (Å²) >= 11 is 0. The molecule has 2 aromatic rings. The molecule has 32 heavy (non-hydrogen) atoms. The number of piperidine rings is 1. The topological polar surface area (TPSA) is 53.1 Å². The SMILES string of the molecule is COc1ccccc1C[C@@H](C)N1CCC2(CC1)C(=O)N(CCc1ccccc1)C(=O)N2C. The molecule has 2 aliphatic heterocycles. The molecule has 3 amide bonds. The van der Waals surface area contributed by atoms with Crippen LogP contribution in [-0.2, 0) is 17.6 Å². The maximum absolute atomic E-state index is 13.4. The largest absolute Gasteiger partial charge is 0.496 e. The van der Waals surface area contributed by atoms with Gasteiger partial charge in [0.25, 0.3) is 5.91 Å². The Morgan fingerprint density at radius 2 is 1.66 bits per heavy atom. The number of amides is 3. The zero-order valence-electron chi connectivity index (χ0n) is 19.3. The number of urea groups is 1. The van der Waals surface area contributed by atoms with Crippen molar-refractivity contribution in [2.24, 2.45) is 0 Å². The molecule has 0 bridgehead atoms. The molecule has 6 heteroatoms. The van der Waals surface area contributed by atoms with Crippen molar-refractivity contribution >= 4 is 11.9 Å². The van der Waals surface area contributed by atoms with E-state index in [2.05, 4.69) is 17.9 Å². The van der Waals surface area contributed by atoms with E-state index in [4.69, 9.17) is 4.74 Å². The number of ether oxygens (including phenoxy) is 1. The minimum Gasteiger partial charge on any atom is -0.496 e. The second-order valence-corrected chi connectivity index (χ2v) is 8.97. The van der Waals surface area contributed by atoms with E-state index in [1.54, 1.807) is 19.1 Å². The molecule has 0 aliphatic carbocycles. The van der Waals surface area contributed by atoms with Crippen LogP contribution in [0.15, 0.2) is 54.6 Å². The van der Waals surface area contributed by atoms with Crippen LogP contribution in [-0.4, -0.2) is 72.0 Å². The molecule has 2 aliphatic rings. The molecule has 0 unspecified atom stereocenters. The van der Waals surface area contributed by atoms with Gasteiger partial charge >= 0.3 is 6.03 Å². The lowest BCUT2D eigenvalue weighted by molar-refractivity contribution is -0.135. The van der Waals surface area contributed by atoms with Gasteiger partial charge in [-0.1, -0.05) is 48.5 Å². The molecule has 170 valence electrons. The number of hydrogen-bond acceptors (Lipinski definition) is 4. The summed E-state index contributed by atoms with van der Waals surface area (Å²) in [6.07, 6.45) is 2.92. The van der Waals surface area contributed by atoms with Crippen molar-refractivity contribution < 1.29 is 14.3 Å². The fraction of sp³-hybridized carbons (Fsp3) is 0.462. The lowest BCUT2D eigenvalue weighted by atomic mass is 9.85. The van der Waals surface area contributed by atoms with Crippen molar-refractivity contribution in [2.75, 3.05) is 33.8 Å². The predicted molar refractivity (Wildman–Crippen MR) is 125 cm³/mol. The summed E-state index contributed by atoms with van der Waals surface area (Å²) < 4.78 is 5.50. The summed E-state index contributed by atoms with van der Waals surface area (Å²) in [5.41, 5.74) is 1.63. The first kappa shape index (κ1) is 22.3. The Morgan fingerprint density at radius 3 is 2.34 bits per heavy atom. The fourth-order valence-electron chi connectivity index (χ4n) is 5.13. The van der Waals surface area contributed by atoms with E-state index in [0.717, 1.165) is 30.8 Å². The minimum absolute atomic E-state index is 0.0297. The van der Waals surface area contributed by atoms with Gasteiger partial charge in [0, 0.05) is 32.7 Å². The monoisotopic (exact) mass is 435 g/mol. The summed E-state index contributed by atoms with van der Waals surface area (Å²) in [6, 6.07) is 18.3. The van der Waals surface area contributed by atoms with Gasteiger partial charge in [0.15, 0.2) is 0 Å². The highest BCUT2D eigenvalue weighted by Crippen LogP contribution is 2.37. The summed E-state index contributed by atoms with van der Waals surface area (Å²) in [7, 11) is 3.49. The Hall–Kier alpha value is -2.86. The second-order valence-electron chi connectivity index (χ2n) is 8.97. The van der Waals surface area contributed by atoms with Crippen molar-refractivity contribution in [3.63, 3.8) is 0 Å². The van der Waals surface area contributed by atoms with Crippen LogP contribution >= 0.6 is 0 Å². The smallest absolute Gasteiger partial charge is 0.327 e. The van der Waals surface area contributed by atoms with Crippen molar-refractivity contribution in [1.82, 2.24) is 14.7 Å². The summed E-state index contributed by atoms with van der Waals surface area (Å²) in [4.78, 5) is 31.9. The van der Waals surface area contributed by atoms with Crippen LogP contribution < -0.4 is 4.74 Å². The van der Waals surface area contributed by atoms with Crippen LogP contribution in [0.2, 0.25) is 0 Å². The molecular formula is C26H33N3O3. The number of carbonyl (C=O) groups excluding carboxylic acids is 2. The Kier molecular flexibility index (Phi) is 6.51. The highest BCUT2D eigenvalue weighted by Gasteiger charge is 2.56. The quantitative estimate of drug-likeness (QED) is 0.624. The maximum Gasteiger partial charge on any atom is 0.327 e. The molecular weight excluding hydrogens is 402 g/mol. The average molecular weight is 436 g/mol. The number of likely N-dealkylation sites (N-methyl/N-ethyl adjacent to an activating group) is 1. The van der Waals surface area contributed by atoms with Crippen molar-refractivity contribution in [1.29, 1.82) is 0 Å². The molecule has 0 N–H and O–H groups in total. The van der Waals surface area contributed by atoms with Gasteiger partial charge in [-0.2, -0.15) is 0 Å². The summed E-state index contributed by atoms with van der Waals surface area (Å²) in [5.74, 6) is 0.885. The fourth-order valence-corrected chi connectivity index (χ4v) is 5.13. The first-order valence-electron chi connectivity index (χ1n) is 11.5. The number of likely N-dealkylation sites (tertiary alicyclic amines) is 1. The van der Waals surface area contributed by atoms with Gasteiger partial charge in [0.05, 0.1) is 7.11 Å². The average Bonchev–Trinajstić information content (AvgIpc) is 3.00. The Labute approximate surface area is 190 Å². The highest BCUT2D eigenvalue weighted by atomic mass is 16.5. The zero-order valence-corrected chi connectivity index (χ0v) is 19.3. The van der Waals surface area contributed by atoms with Gasteiger partial charge in [-0.25, -0.2) is 4.79 Å². The number of methoxy groups -OCH3 is 1. The minimum atomic E-state index is -0.700. The number of hydrogen-bond donors (Lipinski definition) is 0. The maximum atomic E-state index is 13.4. The van der Waals surface area contributed by atoms with Crippen LogP contribution in [0.5, 0.6) is 5.75 Å². The van der Waals surface area contributed by atoms with E-state index in [-0.39, 0.29) is 11.9 Å². The molecule has 2 fully saturated rings. The second kappa shape index (κ2) is 9.33. The van der Waals surface area contributed by atoms with Crippen LogP contribution in [0.25, 0.3) is 0 Å². The van der Waals surface area contributed by atoms with Crippen LogP contribution in [0, 0.1) is 0 Å². The molecule has 2 saturated heterocycles. The van der Waals surface area contributed by atoms with E-state index >= 15 is 0 Å². The Balaban J connectivity index is 1.39. The third-order valence-corrected chi connectivity index (χ3v) is 7.23. The van der Waals surface area contributed by atoms with Crippen LogP contribution in [0.4, 0.5) is 4.79 Å². The van der Waals surface area contributed by atoms with Gasteiger partial charge in [0.2, 0.25) is 0 Å². The molecule has 1 spiro atoms. The first-order chi connectivity index (χ1) is 15.5. The lowest BCUT2D eigenvalue weighted by Crippen LogP contribution is -2.56. The van der Waals surface area contributed by atoms with Gasteiger partial charge in [-0.3, -0.25) is 9.69 Å². The standard InChI is InChI=1S/C26H33N3O3/c1-20(19-22-11-7-8-12-23(22)32-3)28-17-14-26(15-18-28)24(30)29(25(31)27(26)2)16-13-21-9-5-4-6-10-21/h4-12,20H,13-19H2,1-3H3/t20-/m1/s1. The highest BCUT2D eigenvalue weighted by molar-refractivity contribution is 6.07. The molecule has 0 saturated carbocycles. The van der Waals surface area contributed by atoms with E-state index < -0.39 is 5.54 Å². The van der Waals surface area contributed by atoms with Crippen LogP contribution in [0.3, 0.4) is 0 Å².